The minimum atomic E-state index is -0.497. The molecule has 0 bridgehead atoms. The third kappa shape index (κ3) is 36.4. The molecule has 34 nitrogen and oxygen atoms in total. The van der Waals surface area contributed by atoms with Gasteiger partial charge in [-0.25, -0.2) is 52.7 Å². The molecule has 0 unspecified atom stereocenters. The van der Waals surface area contributed by atoms with Gasteiger partial charge in [0.05, 0.1) is 90.8 Å². The molecule has 788 valence electrons. The van der Waals surface area contributed by atoms with Crippen molar-refractivity contribution in [2.45, 2.75) is 224 Å². The quantitative estimate of drug-likeness (QED) is 0.0144. The number of nitrogens with zero attached hydrogens (tertiary/aromatic N) is 4. The lowest BCUT2D eigenvalue weighted by atomic mass is 9.92. The number of carbonyl (C=O) groups is 12. The Balaban J connectivity index is 0.000000237. The van der Waals surface area contributed by atoms with E-state index in [1.165, 1.54) is 104 Å². The van der Waals surface area contributed by atoms with E-state index in [4.69, 9.17) is 28.4 Å². The van der Waals surface area contributed by atoms with Crippen molar-refractivity contribution < 1.29 is 86.0 Å². The topological polar surface area (TPSA) is 424 Å². The largest absolute Gasteiger partial charge is 0.465 e. The fourth-order valence-corrected chi connectivity index (χ4v) is 19.5. The molecule has 10 aromatic heterocycles. The van der Waals surface area contributed by atoms with Crippen molar-refractivity contribution in [1.29, 1.82) is 0 Å². The summed E-state index contributed by atoms with van der Waals surface area (Å²) >= 11 is 8.40. The van der Waals surface area contributed by atoms with Crippen LogP contribution < -0.4 is 63.8 Å². The number of hydrogen-bond acceptors (Lipinski definition) is 24. The molecule has 0 aliphatic heterocycles. The Labute approximate surface area is 879 Å². The first kappa shape index (κ1) is 119. The Morgan fingerprint density at radius 2 is 0.781 bits per heavy atom. The van der Waals surface area contributed by atoms with Gasteiger partial charge in [0.15, 0.2) is 5.69 Å². The van der Waals surface area contributed by atoms with Crippen LogP contribution in [0.25, 0.3) is 0 Å². The van der Waals surface area contributed by atoms with Crippen molar-refractivity contribution >= 4 is 202 Å². The van der Waals surface area contributed by atoms with Crippen molar-refractivity contribution in [3.8, 4) is 0 Å². The number of methoxy groups -OCH3 is 5. The Morgan fingerprint density at radius 3 is 1.18 bits per heavy atom. The molecule has 12 rings (SSSR count). The van der Waals surface area contributed by atoms with E-state index in [1.807, 2.05) is 209 Å². The smallest absolute Gasteiger partial charge is 0.356 e. The summed E-state index contributed by atoms with van der Waals surface area (Å²) < 4.78 is 36.7. The summed E-state index contributed by atoms with van der Waals surface area (Å²) in [5, 5.41) is 36.5. The lowest BCUT2D eigenvalue weighted by Gasteiger charge is -2.19. The molecule has 0 fully saturated rings. The third-order valence-corrected chi connectivity index (χ3v) is 29.8. The number of aryl methyl sites for hydroxylation is 6. The Morgan fingerprint density at radius 1 is 0.384 bits per heavy atom. The van der Waals surface area contributed by atoms with Crippen LogP contribution in [-0.2, 0) is 106 Å². The van der Waals surface area contributed by atoms with Crippen molar-refractivity contribution in [1.82, 2.24) is 23.6 Å². The molecular weight excluding hydrogens is 1980 g/mol. The first-order chi connectivity index (χ1) is 68.3. The van der Waals surface area contributed by atoms with Crippen molar-refractivity contribution in [3.05, 3.63) is 235 Å². The number of hydrogen-bond donors (Lipinski definition) is 12. The van der Waals surface area contributed by atoms with Crippen LogP contribution in [0.5, 0.6) is 0 Å². The van der Waals surface area contributed by atoms with E-state index in [-0.39, 0.29) is 51.2 Å². The number of ether oxygens (including phenoxy) is 6. The third-order valence-electron chi connectivity index (χ3n) is 21.2. The normalized spacial score (nSPS) is 11.2. The van der Waals surface area contributed by atoms with Gasteiger partial charge in [-0.05, 0) is 163 Å². The van der Waals surface area contributed by atoms with Gasteiger partial charge in [-0.1, -0.05) is 167 Å². The van der Waals surface area contributed by atoms with Crippen LogP contribution in [0.4, 0.5) is 90.0 Å². The molecule has 12 N–H and O–H groups in total. The van der Waals surface area contributed by atoms with Gasteiger partial charge in [-0.3, -0.25) is 15.4 Å². The number of nitrogens with one attached hydrogen (secondary N) is 12. The van der Waals surface area contributed by atoms with E-state index >= 15 is 0 Å². The van der Waals surface area contributed by atoms with Crippen LogP contribution in [0, 0.1) is 20.8 Å². The number of urea groups is 6. The molecule has 10 heterocycles. The molecule has 0 saturated heterocycles. The average Bonchev–Trinajstić information content (AvgIpc) is 1.62. The van der Waals surface area contributed by atoms with E-state index in [2.05, 4.69) is 175 Å². The van der Waals surface area contributed by atoms with E-state index in [1.54, 1.807) is 23.7 Å². The Kier molecular flexibility index (Phi) is 43.5. The second kappa shape index (κ2) is 53.3. The van der Waals surface area contributed by atoms with Gasteiger partial charge in [0.25, 0.3) is 6.47 Å². The Bertz CT molecular complexity index is 6470. The molecule has 0 atom stereocenters. The maximum Gasteiger partial charge on any atom is 0.356 e. The molecule has 0 aliphatic rings. The van der Waals surface area contributed by atoms with Gasteiger partial charge < -0.3 is 99.9 Å². The number of aromatic nitrogens is 4. The zero-order chi connectivity index (χ0) is 109. The summed E-state index contributed by atoms with van der Waals surface area (Å²) in [5.41, 5.74) is 10.6. The number of anilines is 11. The number of carbonyl (C=O) groups excluding carboxylic acids is 12. The summed E-state index contributed by atoms with van der Waals surface area (Å²) in [4.78, 5) is 151. The SMILES string of the molecule is CCCn1ccc(NC(=O)Nc2cc(C(C)(C)C)sc2C(=O)OC)c1.CCn1ccc(NC(=O)Nc2cc(C(C)(C)C)sc2C(=O)OC)c1.COC(=O)c1c(NC(=O)Nc2ccc(C)cc2)cc(C(C)(C)C)n1C.COC(=O)c1cc(C(C)(C)C)sc1NC(=O)Nc1ccc(C)cc1.COC(=O)c1sc(C(C)(C)C)cc1NC(=O)NCCc1cccn1C.Cc1csc(NC(=O)Nc2cc(C(C)(C)C)sc2COC=O)c1. The number of rotatable bonds is 25. The van der Waals surface area contributed by atoms with Crippen LogP contribution in [0.15, 0.2) is 152 Å². The van der Waals surface area contributed by atoms with Gasteiger partial charge in [0, 0.05) is 124 Å². The second-order valence-electron chi connectivity index (χ2n) is 39.8. The zero-order valence-electron chi connectivity index (χ0n) is 88.8. The van der Waals surface area contributed by atoms with E-state index in [0.29, 0.717) is 95.1 Å². The predicted molar refractivity (Wildman–Crippen MR) is 592 cm³/mol. The molecule has 12 amide bonds. The molecular formula is C106H140N16O18S6. The van der Waals surface area contributed by atoms with E-state index in [0.717, 1.165) is 88.3 Å². The molecule has 40 heteroatoms. The highest BCUT2D eigenvalue weighted by molar-refractivity contribution is 7.17. The fourth-order valence-electron chi connectivity index (χ4n) is 13.3. The van der Waals surface area contributed by atoms with Crippen LogP contribution in [-0.4, -0.2) is 133 Å². The number of benzene rings is 2. The number of thiophene rings is 6. The molecule has 146 heavy (non-hydrogen) atoms. The first-order valence-electron chi connectivity index (χ1n) is 46.8. The summed E-state index contributed by atoms with van der Waals surface area (Å²) in [6.45, 7) is 49.9. The summed E-state index contributed by atoms with van der Waals surface area (Å²) in [7, 11) is 10.4. The Hall–Kier alpha value is -13.8. The lowest BCUT2D eigenvalue weighted by molar-refractivity contribution is -0.129. The highest BCUT2D eigenvalue weighted by Gasteiger charge is 2.32. The van der Waals surface area contributed by atoms with Crippen molar-refractivity contribution in [2.24, 2.45) is 14.1 Å². The van der Waals surface area contributed by atoms with Crippen LogP contribution in [0.2, 0.25) is 0 Å². The predicted octanol–water partition coefficient (Wildman–Crippen LogP) is 26.1. The van der Waals surface area contributed by atoms with Crippen molar-refractivity contribution in [3.63, 3.8) is 0 Å². The van der Waals surface area contributed by atoms with Crippen LogP contribution in [0.1, 0.15) is 252 Å². The highest BCUT2D eigenvalue weighted by Crippen LogP contribution is 2.42. The fraction of sp³-hybridized carbons (Fsp3) is 0.396. The molecule has 0 spiro atoms. The average molecular weight is 2120 g/mol. The van der Waals surface area contributed by atoms with E-state index in [9.17, 15) is 57.5 Å². The minimum Gasteiger partial charge on any atom is -0.465 e. The van der Waals surface area contributed by atoms with Gasteiger partial charge in [0.2, 0.25) is 0 Å². The van der Waals surface area contributed by atoms with E-state index < -0.39 is 54.0 Å². The zero-order valence-corrected chi connectivity index (χ0v) is 93.7. The van der Waals surface area contributed by atoms with Gasteiger partial charge in [0.1, 0.15) is 26.2 Å². The standard InChI is InChI=1S/C19H25N3O3.2C18H25N3O3S.C18H22N2O3S.C17H23N3O3S.C16H20N2O3S2/c1-12-7-9-13(10-8-12)20-18(24)21-14-11-15(19(2,3)4)22(5)16(14)17(23)25-6;1-18(2,3)14-11-13(15(25-14)16(22)24-5)20-17(23)19-9-8-12-7-6-10-21(12)4;1-6-8-21-9-7-12(11-21)19-17(23)20-13-10-14(18(2,3)4)25-15(13)16(22)24-5;1-11-6-8-12(9-7-11)19-17(22)20-15-13(16(21)23-5)10-14(24-15)18(2,3)4;1-6-20-8-7-11(10-20)18-16(22)19-12-9-13(17(2,3)4)24-14(12)15(21)23-5;1-10-5-14(22-8-10)18-15(20)17-11-6-13(16(2,3)4)23-12(11)7-21-9-19/h7-11H,1-6H3,(H2,20,21,24);6-7,10-11H,8-9H2,1-5H3,(H2,19,20,23);7,9-11H,6,8H2,1-5H3,(H2,19,20,23);6-10H,1-5H3,(H2,19,20,22);7-10H,6H2,1-5H3,(H2,18,19,22);5-6,8-9H,7H2,1-4H3,(H2,17,18,20). The minimum absolute atomic E-state index is 0.0398. The maximum absolute atomic E-state index is 12.3. The molecule has 0 aliphatic carbocycles. The first-order valence-corrected chi connectivity index (χ1v) is 51.7. The van der Waals surface area contributed by atoms with Gasteiger partial charge >= 0.3 is 66.0 Å². The summed E-state index contributed by atoms with van der Waals surface area (Å²) in [6.07, 6.45) is 11.2. The monoisotopic (exact) mass is 2120 g/mol. The highest BCUT2D eigenvalue weighted by atomic mass is 32.1. The molecule has 12 aromatic rings. The summed E-state index contributed by atoms with van der Waals surface area (Å²) in [6, 6.07) is 33.3. The molecule has 0 radical (unpaired) electrons. The summed E-state index contributed by atoms with van der Waals surface area (Å²) in [5.74, 6) is -2.32. The van der Waals surface area contributed by atoms with Crippen LogP contribution >= 0.6 is 68.0 Å². The second-order valence-corrected chi connectivity index (χ2v) is 46.1. The van der Waals surface area contributed by atoms with Crippen molar-refractivity contribution in [2.75, 3.05) is 101 Å². The van der Waals surface area contributed by atoms with Gasteiger partial charge in [-0.2, -0.15) is 0 Å². The van der Waals surface area contributed by atoms with Gasteiger partial charge in [-0.15, -0.1) is 68.0 Å². The molecule has 0 saturated carbocycles. The maximum atomic E-state index is 12.3. The lowest BCUT2D eigenvalue weighted by Crippen LogP contribution is -2.31. The molecule has 2 aromatic carbocycles. The number of esters is 5. The van der Waals surface area contributed by atoms with Crippen LogP contribution in [0.3, 0.4) is 0 Å². The number of amides is 12.